The van der Waals surface area contributed by atoms with Crippen molar-refractivity contribution >= 4 is 22.6 Å². The van der Waals surface area contributed by atoms with Crippen molar-refractivity contribution in [1.82, 2.24) is 4.98 Å². The van der Waals surface area contributed by atoms with Crippen LogP contribution in [-0.4, -0.2) is 35.8 Å². The Morgan fingerprint density at radius 2 is 2.14 bits per heavy atom. The van der Waals surface area contributed by atoms with Crippen LogP contribution < -0.4 is 5.32 Å². The lowest BCUT2D eigenvalue weighted by Gasteiger charge is -2.10. The third kappa shape index (κ3) is 4.16. The Morgan fingerprint density at radius 3 is 2.90 bits per heavy atom. The molecule has 0 atom stereocenters. The molecule has 0 aliphatic carbocycles. The molecule has 2 N–H and O–H groups in total. The average Bonchev–Trinajstić information content (AvgIpc) is 2.50. The molecule has 5 heteroatoms. The quantitative estimate of drug-likeness (QED) is 0.730. The van der Waals surface area contributed by atoms with E-state index in [9.17, 15) is 4.79 Å². The highest BCUT2D eigenvalue weighted by Crippen LogP contribution is 2.22. The van der Waals surface area contributed by atoms with Crippen molar-refractivity contribution < 1.29 is 14.6 Å². The minimum absolute atomic E-state index is 0.0541. The van der Waals surface area contributed by atoms with Gasteiger partial charge >= 0.3 is 5.97 Å². The summed E-state index contributed by atoms with van der Waals surface area (Å²) in [5.74, 6) is -0.406. The molecule has 0 bridgehead atoms. The van der Waals surface area contributed by atoms with Crippen molar-refractivity contribution in [3.05, 3.63) is 36.0 Å². The Kier molecular flexibility index (Phi) is 5.51. The van der Waals surface area contributed by atoms with Gasteiger partial charge in [-0.1, -0.05) is 31.2 Å². The summed E-state index contributed by atoms with van der Waals surface area (Å²) in [5.41, 5.74) is 0.0541. The van der Waals surface area contributed by atoms with Crippen molar-refractivity contribution in [2.45, 2.75) is 19.8 Å². The number of aromatic carboxylic acids is 1. The van der Waals surface area contributed by atoms with Gasteiger partial charge in [0.25, 0.3) is 0 Å². The molecule has 2 aromatic rings. The van der Waals surface area contributed by atoms with Gasteiger partial charge < -0.3 is 15.2 Å². The molecule has 0 radical (unpaired) electrons. The van der Waals surface area contributed by atoms with E-state index in [0.29, 0.717) is 19.0 Å². The smallest absolute Gasteiger partial charge is 0.354 e. The monoisotopic (exact) mass is 288 g/mol. The minimum atomic E-state index is -1.02. The molecule has 0 aliphatic rings. The summed E-state index contributed by atoms with van der Waals surface area (Å²) >= 11 is 0. The Morgan fingerprint density at radius 1 is 1.33 bits per heavy atom. The molecule has 0 amide bonds. The fourth-order valence-corrected chi connectivity index (χ4v) is 2.07. The van der Waals surface area contributed by atoms with Crippen LogP contribution in [0.5, 0.6) is 0 Å². The highest BCUT2D eigenvalue weighted by Gasteiger charge is 2.10. The highest BCUT2D eigenvalue weighted by atomic mass is 16.5. The minimum Gasteiger partial charge on any atom is -0.477 e. The molecule has 2 rings (SSSR count). The number of hydrogen-bond donors (Lipinski definition) is 2. The summed E-state index contributed by atoms with van der Waals surface area (Å²) in [4.78, 5) is 15.3. The van der Waals surface area contributed by atoms with Crippen LogP contribution in [0.3, 0.4) is 0 Å². The van der Waals surface area contributed by atoms with E-state index in [0.717, 1.165) is 30.2 Å². The Balaban J connectivity index is 2.08. The van der Waals surface area contributed by atoms with E-state index in [4.69, 9.17) is 9.84 Å². The number of aromatic nitrogens is 1. The molecule has 0 fully saturated rings. The van der Waals surface area contributed by atoms with Crippen LogP contribution in [0.2, 0.25) is 0 Å². The number of anilines is 1. The molecule has 21 heavy (non-hydrogen) atoms. The van der Waals surface area contributed by atoms with Crippen LogP contribution >= 0.6 is 0 Å². The van der Waals surface area contributed by atoms with Crippen molar-refractivity contribution in [1.29, 1.82) is 0 Å². The standard InChI is InChI=1S/C16H20N2O3/c1-2-9-21-10-5-8-17-15-13-7-4-3-6-12(13)11-14(18-15)16(19)20/h3-4,6-7,11H,2,5,8-10H2,1H3,(H,17,18)(H,19,20). The summed E-state index contributed by atoms with van der Waals surface area (Å²) in [6.07, 6.45) is 1.87. The first-order chi connectivity index (χ1) is 10.2. The zero-order chi connectivity index (χ0) is 15.1. The molecule has 0 unspecified atom stereocenters. The van der Waals surface area contributed by atoms with Gasteiger partial charge in [-0.2, -0.15) is 0 Å². The Labute approximate surface area is 124 Å². The van der Waals surface area contributed by atoms with Gasteiger partial charge in [0.05, 0.1) is 0 Å². The summed E-state index contributed by atoms with van der Waals surface area (Å²) in [6, 6.07) is 9.21. The SMILES string of the molecule is CCCOCCCNc1nc(C(=O)O)cc2ccccc12. The molecular weight excluding hydrogens is 268 g/mol. The molecule has 112 valence electrons. The predicted molar refractivity (Wildman–Crippen MR) is 82.9 cm³/mol. The van der Waals surface area contributed by atoms with Crippen LogP contribution in [0.15, 0.2) is 30.3 Å². The highest BCUT2D eigenvalue weighted by molar-refractivity contribution is 5.97. The summed E-state index contributed by atoms with van der Waals surface area (Å²) in [5, 5.41) is 14.1. The third-order valence-corrected chi connectivity index (χ3v) is 3.07. The maximum atomic E-state index is 11.1. The van der Waals surface area contributed by atoms with Crippen LogP contribution in [0.25, 0.3) is 10.8 Å². The van der Waals surface area contributed by atoms with Gasteiger partial charge in [0.1, 0.15) is 5.82 Å². The van der Waals surface area contributed by atoms with Crippen LogP contribution in [0, 0.1) is 0 Å². The molecule has 1 heterocycles. The number of nitrogens with one attached hydrogen (secondary N) is 1. The number of carbonyl (C=O) groups is 1. The molecule has 1 aromatic carbocycles. The third-order valence-electron chi connectivity index (χ3n) is 3.07. The van der Waals surface area contributed by atoms with Gasteiger partial charge in [-0.05, 0) is 24.3 Å². The predicted octanol–water partition coefficient (Wildman–Crippen LogP) is 3.16. The van der Waals surface area contributed by atoms with Gasteiger partial charge in [-0.15, -0.1) is 0 Å². The van der Waals surface area contributed by atoms with Crippen molar-refractivity contribution in [3.63, 3.8) is 0 Å². The number of fused-ring (bicyclic) bond motifs is 1. The topological polar surface area (TPSA) is 71.5 Å². The van der Waals surface area contributed by atoms with Gasteiger partial charge in [0, 0.05) is 25.1 Å². The molecule has 0 saturated heterocycles. The van der Waals surface area contributed by atoms with E-state index in [1.165, 1.54) is 0 Å². The van der Waals surface area contributed by atoms with Gasteiger partial charge in [0.2, 0.25) is 0 Å². The van der Waals surface area contributed by atoms with Crippen LogP contribution in [0.4, 0.5) is 5.82 Å². The second kappa shape index (κ2) is 7.59. The van der Waals surface area contributed by atoms with E-state index in [1.807, 2.05) is 24.3 Å². The second-order valence-corrected chi connectivity index (χ2v) is 4.78. The zero-order valence-corrected chi connectivity index (χ0v) is 12.1. The number of rotatable bonds is 8. The molecule has 1 aromatic heterocycles. The van der Waals surface area contributed by atoms with Crippen LogP contribution in [0.1, 0.15) is 30.3 Å². The molecular formula is C16H20N2O3. The lowest BCUT2D eigenvalue weighted by molar-refractivity contribution is 0.0691. The van der Waals surface area contributed by atoms with Crippen molar-refractivity contribution in [2.75, 3.05) is 25.1 Å². The zero-order valence-electron chi connectivity index (χ0n) is 12.1. The normalized spacial score (nSPS) is 10.7. The number of nitrogens with zero attached hydrogens (tertiary/aromatic N) is 1. The molecule has 0 saturated carbocycles. The van der Waals surface area contributed by atoms with Gasteiger partial charge in [-0.3, -0.25) is 0 Å². The first-order valence-corrected chi connectivity index (χ1v) is 7.17. The summed E-state index contributed by atoms with van der Waals surface area (Å²) < 4.78 is 5.42. The maximum Gasteiger partial charge on any atom is 0.354 e. The summed E-state index contributed by atoms with van der Waals surface area (Å²) in [7, 11) is 0. The first-order valence-electron chi connectivity index (χ1n) is 7.17. The van der Waals surface area contributed by atoms with E-state index in [2.05, 4.69) is 17.2 Å². The fourth-order valence-electron chi connectivity index (χ4n) is 2.07. The Bertz CT molecular complexity index is 613. The molecule has 5 nitrogen and oxygen atoms in total. The maximum absolute atomic E-state index is 11.1. The van der Waals surface area contributed by atoms with Crippen molar-refractivity contribution in [3.8, 4) is 0 Å². The van der Waals surface area contributed by atoms with Crippen LogP contribution in [-0.2, 0) is 4.74 Å². The molecule has 0 spiro atoms. The average molecular weight is 288 g/mol. The summed E-state index contributed by atoms with van der Waals surface area (Å²) in [6.45, 7) is 4.24. The lowest BCUT2D eigenvalue weighted by Crippen LogP contribution is -2.10. The number of carboxylic acid groups (broad SMARTS) is 1. The van der Waals surface area contributed by atoms with E-state index in [-0.39, 0.29) is 5.69 Å². The Hall–Kier alpha value is -2.14. The van der Waals surface area contributed by atoms with E-state index >= 15 is 0 Å². The number of carboxylic acids is 1. The van der Waals surface area contributed by atoms with E-state index in [1.54, 1.807) is 6.07 Å². The largest absolute Gasteiger partial charge is 0.477 e. The number of benzene rings is 1. The number of hydrogen-bond acceptors (Lipinski definition) is 4. The fraction of sp³-hybridized carbons (Fsp3) is 0.375. The van der Waals surface area contributed by atoms with Crippen molar-refractivity contribution in [2.24, 2.45) is 0 Å². The number of ether oxygens (including phenoxy) is 1. The molecule has 0 aliphatic heterocycles. The second-order valence-electron chi connectivity index (χ2n) is 4.78. The number of pyridine rings is 1. The van der Waals surface area contributed by atoms with E-state index < -0.39 is 5.97 Å². The first kappa shape index (κ1) is 15.3. The van der Waals surface area contributed by atoms with Gasteiger partial charge in [-0.25, -0.2) is 9.78 Å². The van der Waals surface area contributed by atoms with Gasteiger partial charge in [0.15, 0.2) is 5.69 Å². The lowest BCUT2D eigenvalue weighted by atomic mass is 10.1.